The first-order valence-electron chi connectivity index (χ1n) is 3.81. The van der Waals surface area contributed by atoms with Crippen LogP contribution in [0.4, 0.5) is 8.78 Å². The minimum absolute atomic E-state index is 0.0266. The van der Waals surface area contributed by atoms with Crippen LogP contribution in [0.5, 0.6) is 0 Å². The van der Waals surface area contributed by atoms with E-state index in [2.05, 4.69) is 0 Å². The molecule has 3 nitrogen and oxygen atoms in total. The summed E-state index contributed by atoms with van der Waals surface area (Å²) in [5, 5.41) is 26.2. The molecule has 0 bridgehead atoms. The van der Waals surface area contributed by atoms with Crippen LogP contribution in [0, 0.1) is 11.8 Å². The van der Waals surface area contributed by atoms with Crippen molar-refractivity contribution in [1.29, 1.82) is 0 Å². The van der Waals surface area contributed by atoms with Crippen molar-refractivity contribution in [2.45, 2.75) is 18.4 Å². The average Bonchev–Trinajstić information content (AvgIpc) is 2.25. The highest BCUT2D eigenvalue weighted by Crippen LogP contribution is 2.43. The molecule has 1 rings (SSSR count). The van der Waals surface area contributed by atoms with Gasteiger partial charge in [-0.25, -0.2) is 8.78 Å². The van der Waals surface area contributed by atoms with Gasteiger partial charge in [0.25, 0.3) is 5.92 Å². The number of halogens is 2. The van der Waals surface area contributed by atoms with Gasteiger partial charge in [-0.3, -0.25) is 0 Å². The average molecular weight is 182 g/mol. The monoisotopic (exact) mass is 182 g/mol. The van der Waals surface area contributed by atoms with Crippen LogP contribution in [0.1, 0.15) is 6.42 Å². The number of hydrogen-bond acceptors (Lipinski definition) is 3. The Balaban J connectivity index is 2.73. The predicted octanol–water partition coefficient (Wildman–Crippen LogP) is -0.397. The summed E-state index contributed by atoms with van der Waals surface area (Å²) in [7, 11) is 0. The molecule has 5 heteroatoms. The maximum absolute atomic E-state index is 12.9. The van der Waals surface area contributed by atoms with Crippen molar-refractivity contribution in [2.75, 3.05) is 13.2 Å². The van der Waals surface area contributed by atoms with Crippen molar-refractivity contribution in [3.05, 3.63) is 0 Å². The van der Waals surface area contributed by atoms with Crippen LogP contribution >= 0.6 is 0 Å². The second kappa shape index (κ2) is 3.24. The Hall–Kier alpha value is -0.260. The van der Waals surface area contributed by atoms with Crippen LogP contribution in [-0.2, 0) is 0 Å². The number of alkyl halides is 2. The summed E-state index contributed by atoms with van der Waals surface area (Å²) in [6.45, 7) is -1.12. The van der Waals surface area contributed by atoms with E-state index in [0.29, 0.717) is 0 Å². The number of rotatable bonds is 2. The molecule has 0 aliphatic heterocycles. The molecule has 72 valence electrons. The first-order chi connectivity index (χ1) is 5.54. The van der Waals surface area contributed by atoms with Gasteiger partial charge in [-0.15, -0.1) is 0 Å². The molecule has 3 atom stereocenters. The molecule has 1 saturated carbocycles. The molecular weight excluding hydrogens is 170 g/mol. The Labute approximate surface area is 68.6 Å². The molecule has 1 aliphatic rings. The van der Waals surface area contributed by atoms with Crippen molar-refractivity contribution < 1.29 is 24.1 Å². The van der Waals surface area contributed by atoms with Crippen LogP contribution in [0.15, 0.2) is 0 Å². The van der Waals surface area contributed by atoms with Crippen molar-refractivity contribution in [2.24, 2.45) is 11.8 Å². The normalized spacial score (nSPS) is 40.2. The van der Waals surface area contributed by atoms with Crippen molar-refractivity contribution in [3.63, 3.8) is 0 Å². The Bertz CT molecular complexity index is 159. The highest BCUT2D eigenvalue weighted by molar-refractivity contribution is 4.96. The van der Waals surface area contributed by atoms with E-state index in [9.17, 15) is 8.78 Å². The molecule has 12 heavy (non-hydrogen) atoms. The van der Waals surface area contributed by atoms with Crippen LogP contribution < -0.4 is 0 Å². The zero-order valence-electron chi connectivity index (χ0n) is 6.45. The first kappa shape index (κ1) is 9.83. The van der Waals surface area contributed by atoms with E-state index in [4.69, 9.17) is 15.3 Å². The van der Waals surface area contributed by atoms with Crippen molar-refractivity contribution >= 4 is 0 Å². The number of hydrogen-bond donors (Lipinski definition) is 3. The maximum Gasteiger partial charge on any atom is 0.278 e. The van der Waals surface area contributed by atoms with Crippen LogP contribution in [-0.4, -0.2) is 40.6 Å². The van der Waals surface area contributed by atoms with Gasteiger partial charge in [-0.05, 0) is 6.42 Å². The first-order valence-corrected chi connectivity index (χ1v) is 3.81. The lowest BCUT2D eigenvalue weighted by Gasteiger charge is -2.20. The van der Waals surface area contributed by atoms with Crippen LogP contribution in [0.25, 0.3) is 0 Å². The van der Waals surface area contributed by atoms with Gasteiger partial charge in [-0.1, -0.05) is 0 Å². The lowest BCUT2D eigenvalue weighted by Crippen LogP contribution is -2.37. The van der Waals surface area contributed by atoms with Gasteiger partial charge in [0.15, 0.2) is 0 Å². The molecule has 0 aromatic rings. The lowest BCUT2D eigenvalue weighted by molar-refractivity contribution is -0.134. The third-order valence-corrected chi connectivity index (χ3v) is 2.43. The van der Waals surface area contributed by atoms with Gasteiger partial charge in [0, 0.05) is 18.4 Å². The highest BCUT2D eigenvalue weighted by Gasteiger charge is 2.55. The molecule has 1 fully saturated rings. The van der Waals surface area contributed by atoms with E-state index < -0.39 is 37.1 Å². The van der Waals surface area contributed by atoms with E-state index in [1.807, 2.05) is 0 Å². The van der Waals surface area contributed by atoms with E-state index in [1.165, 1.54) is 0 Å². The molecule has 0 heterocycles. The highest BCUT2D eigenvalue weighted by atomic mass is 19.3. The van der Waals surface area contributed by atoms with Gasteiger partial charge in [0.1, 0.15) is 6.10 Å². The fourth-order valence-corrected chi connectivity index (χ4v) is 1.58. The Kier molecular flexibility index (Phi) is 2.65. The summed E-state index contributed by atoms with van der Waals surface area (Å²) in [6.07, 6.45) is -1.85. The Morgan fingerprint density at radius 3 is 2.08 bits per heavy atom. The molecule has 0 aromatic heterocycles. The van der Waals surface area contributed by atoms with Gasteiger partial charge in [0.05, 0.1) is 6.61 Å². The molecule has 0 aromatic carbocycles. The summed E-state index contributed by atoms with van der Waals surface area (Å²) in [4.78, 5) is 0. The molecule has 0 spiro atoms. The third kappa shape index (κ3) is 1.32. The van der Waals surface area contributed by atoms with Gasteiger partial charge in [-0.2, -0.15) is 0 Å². The molecule has 0 saturated heterocycles. The molecule has 0 radical (unpaired) electrons. The minimum Gasteiger partial charge on any atom is -0.396 e. The molecule has 1 aliphatic carbocycles. The minimum atomic E-state index is -3.26. The quantitative estimate of drug-likeness (QED) is 0.544. The Morgan fingerprint density at radius 2 is 1.83 bits per heavy atom. The fraction of sp³-hybridized carbons (Fsp3) is 1.00. The third-order valence-electron chi connectivity index (χ3n) is 2.43. The molecular formula is C7H12F2O3. The number of aliphatic hydroxyl groups excluding tert-OH is 3. The molecule has 3 unspecified atom stereocenters. The van der Waals surface area contributed by atoms with Gasteiger partial charge in [0.2, 0.25) is 0 Å². The summed E-state index contributed by atoms with van der Waals surface area (Å²) in [5.74, 6) is -5.29. The van der Waals surface area contributed by atoms with E-state index in [0.717, 1.165) is 0 Å². The summed E-state index contributed by atoms with van der Waals surface area (Å²) in [6, 6.07) is 0. The van der Waals surface area contributed by atoms with Crippen molar-refractivity contribution in [1.82, 2.24) is 0 Å². The van der Waals surface area contributed by atoms with Gasteiger partial charge < -0.3 is 15.3 Å². The fourth-order valence-electron chi connectivity index (χ4n) is 1.58. The van der Waals surface area contributed by atoms with Crippen LogP contribution in [0.2, 0.25) is 0 Å². The van der Waals surface area contributed by atoms with Crippen molar-refractivity contribution in [3.8, 4) is 0 Å². The summed E-state index contributed by atoms with van der Waals surface area (Å²) >= 11 is 0. The second-order valence-corrected chi connectivity index (χ2v) is 3.18. The number of aliphatic hydroxyl groups is 3. The predicted molar refractivity (Wildman–Crippen MR) is 36.7 cm³/mol. The van der Waals surface area contributed by atoms with Crippen LogP contribution in [0.3, 0.4) is 0 Å². The van der Waals surface area contributed by atoms with Gasteiger partial charge >= 0.3 is 0 Å². The zero-order chi connectivity index (χ0) is 9.35. The zero-order valence-corrected chi connectivity index (χ0v) is 6.45. The maximum atomic E-state index is 12.9. The summed E-state index contributed by atoms with van der Waals surface area (Å²) in [5.41, 5.74) is 0. The lowest BCUT2D eigenvalue weighted by atomic mass is 10.1. The Morgan fingerprint density at radius 1 is 1.25 bits per heavy atom. The standard InChI is InChI=1S/C7H12F2O3/c8-7(9)5(3-11)1-4(2-10)6(7)12/h4-6,10-12H,1-3H2. The topological polar surface area (TPSA) is 60.7 Å². The molecule has 0 amide bonds. The van der Waals surface area contributed by atoms with E-state index >= 15 is 0 Å². The largest absolute Gasteiger partial charge is 0.396 e. The van der Waals surface area contributed by atoms with E-state index in [-0.39, 0.29) is 6.42 Å². The second-order valence-electron chi connectivity index (χ2n) is 3.18. The molecule has 3 N–H and O–H groups in total. The smallest absolute Gasteiger partial charge is 0.278 e. The summed E-state index contributed by atoms with van der Waals surface area (Å²) < 4.78 is 25.8. The SMILES string of the molecule is OCC1CC(CO)C(F)(F)C1O. The van der Waals surface area contributed by atoms with E-state index in [1.54, 1.807) is 0 Å².